The Morgan fingerprint density at radius 1 is 0.911 bits per heavy atom. The number of aryl methyl sites for hydroxylation is 5. The number of carbonyl (C=O) groups excluding carboxylic acids is 1. The van der Waals surface area contributed by atoms with Crippen LogP contribution in [0.3, 0.4) is 0 Å². The van der Waals surface area contributed by atoms with Crippen molar-refractivity contribution in [2.45, 2.75) is 108 Å². The number of hydrogen-bond donors (Lipinski definition) is 0. The molecule has 0 saturated carbocycles. The van der Waals surface area contributed by atoms with E-state index in [1.54, 1.807) is 7.05 Å². The van der Waals surface area contributed by atoms with E-state index in [0.717, 1.165) is 39.3 Å². The zero-order valence-corrected chi connectivity index (χ0v) is 29.1. The average Bonchev–Trinajstić information content (AvgIpc) is 3.46. The number of benzene rings is 2. The third-order valence-corrected chi connectivity index (χ3v) is 7.38. The Morgan fingerprint density at radius 3 is 2.09 bits per heavy atom. The van der Waals surface area contributed by atoms with Gasteiger partial charge in [0.25, 0.3) is 0 Å². The van der Waals surface area contributed by atoms with Crippen molar-refractivity contribution in [2.75, 3.05) is 0 Å². The number of rotatable bonds is 11. The first-order valence-corrected chi connectivity index (χ1v) is 15.6. The van der Waals surface area contributed by atoms with Crippen LogP contribution in [0.2, 0.25) is 0 Å². The number of carbonyl (C=O) groups is 1. The smallest absolute Gasteiger partial charge is 0.436 e. The number of nitrogens with zero attached hydrogens (tertiary/aromatic N) is 4. The van der Waals surface area contributed by atoms with Crippen molar-refractivity contribution in [3.05, 3.63) is 86.5 Å². The Labute approximate surface area is 267 Å². The molecule has 0 amide bonds. The third-order valence-electron chi connectivity index (χ3n) is 7.38. The molecule has 2 aromatic carbocycles. The molecule has 0 radical (unpaired) electrons. The lowest BCUT2D eigenvalue weighted by molar-refractivity contribution is -0.133. The Kier molecular flexibility index (Phi) is 11.4. The molecule has 9 nitrogen and oxygen atoms in total. The van der Waals surface area contributed by atoms with Gasteiger partial charge in [-0.05, 0) is 75.3 Å². The zero-order valence-electron chi connectivity index (χ0n) is 29.1. The molecule has 45 heavy (non-hydrogen) atoms. The summed E-state index contributed by atoms with van der Waals surface area (Å²) in [6.45, 7) is 23.0. The largest absolute Gasteiger partial charge is 0.480 e. The van der Waals surface area contributed by atoms with Gasteiger partial charge in [0.2, 0.25) is 11.8 Å². The predicted octanol–water partition coefficient (Wildman–Crippen LogP) is 7.65. The molecule has 0 saturated heterocycles. The molecule has 0 atom stereocenters. The van der Waals surface area contributed by atoms with E-state index in [1.807, 2.05) is 79.7 Å². The average molecular weight is 619 g/mol. The zero-order chi connectivity index (χ0) is 33.7. The van der Waals surface area contributed by atoms with Crippen LogP contribution in [0.1, 0.15) is 94.5 Å². The van der Waals surface area contributed by atoms with Crippen molar-refractivity contribution in [3.63, 3.8) is 0 Å². The normalized spacial score (nSPS) is 11.8. The summed E-state index contributed by atoms with van der Waals surface area (Å²) in [7, 11) is 1.56. The molecule has 244 valence electrons. The summed E-state index contributed by atoms with van der Waals surface area (Å²) in [5.74, 6) is 1.90. The maximum atomic E-state index is 13.0. The molecular formula is C36H50N4O5. The fourth-order valence-corrected chi connectivity index (χ4v) is 5.09. The van der Waals surface area contributed by atoms with Gasteiger partial charge in [-0.2, -0.15) is 4.68 Å². The van der Waals surface area contributed by atoms with Crippen molar-refractivity contribution >= 4 is 5.78 Å². The highest BCUT2D eigenvalue weighted by molar-refractivity contribution is 5.87. The molecule has 0 aliphatic rings. The lowest BCUT2D eigenvalue weighted by Gasteiger charge is -2.30. The molecule has 0 N–H and O–H groups in total. The lowest BCUT2D eigenvalue weighted by Crippen LogP contribution is -2.40. The van der Waals surface area contributed by atoms with Crippen molar-refractivity contribution in [1.29, 1.82) is 0 Å². The van der Waals surface area contributed by atoms with E-state index in [2.05, 4.69) is 42.9 Å². The van der Waals surface area contributed by atoms with Gasteiger partial charge in [0.15, 0.2) is 11.4 Å². The second-order valence-corrected chi connectivity index (χ2v) is 13.2. The van der Waals surface area contributed by atoms with E-state index in [0.29, 0.717) is 43.6 Å². The number of hydrogen-bond acceptors (Lipinski definition) is 8. The SMILES string of the molecule is CC.Cc1ccccc1-c1nc(CN(Cc2cc(C)c(OC(C)(C)C(=O)CC(C)(C)C)c(C)c2)Cc2nn(C)c(=O)o2)c(C)o1. The van der Waals surface area contributed by atoms with Crippen molar-refractivity contribution in [3.8, 4) is 17.2 Å². The summed E-state index contributed by atoms with van der Waals surface area (Å²) < 4.78 is 19.0. The Hall–Kier alpha value is -3.98. The maximum absolute atomic E-state index is 13.0. The fourth-order valence-electron chi connectivity index (χ4n) is 5.09. The first kappa shape index (κ1) is 35.5. The van der Waals surface area contributed by atoms with Gasteiger partial charge >= 0.3 is 5.76 Å². The summed E-state index contributed by atoms with van der Waals surface area (Å²) >= 11 is 0. The lowest BCUT2D eigenvalue weighted by atomic mass is 9.85. The standard InChI is InChI=1S/C34H44N4O5.C2H6/c1-21-13-11-12-14-26(21)31-35-27(24(4)41-31)19-38(20-29-36-37(10)32(40)42-29)18-25-15-22(2)30(23(3)16-25)43-34(8,9)28(39)17-33(5,6)7;1-2/h11-16H,17-20H2,1-10H3;1-2H3. The van der Waals surface area contributed by atoms with Crippen molar-refractivity contribution in [2.24, 2.45) is 12.5 Å². The Balaban J connectivity index is 0.00000271. The van der Waals surface area contributed by atoms with Crippen LogP contribution >= 0.6 is 0 Å². The van der Waals surface area contributed by atoms with Crippen molar-refractivity contribution < 1.29 is 18.4 Å². The molecule has 4 rings (SSSR count). The van der Waals surface area contributed by atoms with Gasteiger partial charge in [-0.15, -0.1) is 5.10 Å². The minimum absolute atomic E-state index is 0.0685. The van der Waals surface area contributed by atoms with Crippen LogP contribution in [0.4, 0.5) is 0 Å². The highest BCUT2D eigenvalue weighted by atomic mass is 16.5. The molecular weight excluding hydrogens is 568 g/mol. The summed E-state index contributed by atoms with van der Waals surface area (Å²) in [6, 6.07) is 12.1. The molecule has 0 fully saturated rings. The van der Waals surface area contributed by atoms with Gasteiger partial charge in [0, 0.05) is 32.1 Å². The topological polar surface area (TPSA) is 104 Å². The van der Waals surface area contributed by atoms with Gasteiger partial charge in [-0.1, -0.05) is 65.0 Å². The van der Waals surface area contributed by atoms with Crippen LogP contribution in [0.25, 0.3) is 11.5 Å². The monoisotopic (exact) mass is 618 g/mol. The molecule has 2 aromatic heterocycles. The van der Waals surface area contributed by atoms with E-state index < -0.39 is 11.4 Å². The van der Waals surface area contributed by atoms with Crippen molar-refractivity contribution in [1.82, 2.24) is 19.7 Å². The van der Waals surface area contributed by atoms with E-state index in [-0.39, 0.29) is 11.2 Å². The van der Waals surface area contributed by atoms with Gasteiger partial charge < -0.3 is 13.6 Å². The number of oxazole rings is 1. The molecule has 2 heterocycles. The van der Waals surface area contributed by atoms with Crippen LogP contribution in [-0.4, -0.2) is 31.0 Å². The van der Waals surface area contributed by atoms with E-state index in [4.69, 9.17) is 18.6 Å². The summed E-state index contributed by atoms with van der Waals surface area (Å²) in [6.07, 6.45) is 0.432. The molecule has 4 aromatic rings. The molecule has 9 heteroatoms. The van der Waals surface area contributed by atoms with Gasteiger partial charge in [-0.3, -0.25) is 9.69 Å². The number of ketones is 1. The second-order valence-electron chi connectivity index (χ2n) is 13.2. The maximum Gasteiger partial charge on any atom is 0.436 e. The first-order valence-electron chi connectivity index (χ1n) is 15.6. The number of ether oxygens (including phenoxy) is 1. The Bertz CT molecular complexity index is 1650. The van der Waals surface area contributed by atoms with Gasteiger partial charge in [0.05, 0.1) is 12.2 Å². The van der Waals surface area contributed by atoms with E-state index in [1.165, 1.54) is 4.68 Å². The predicted molar refractivity (Wildman–Crippen MR) is 177 cm³/mol. The van der Waals surface area contributed by atoms with Gasteiger partial charge in [-0.25, -0.2) is 9.78 Å². The highest BCUT2D eigenvalue weighted by Crippen LogP contribution is 2.32. The van der Waals surface area contributed by atoms with E-state index in [9.17, 15) is 9.59 Å². The molecule has 0 aliphatic carbocycles. The summed E-state index contributed by atoms with van der Waals surface area (Å²) in [4.78, 5) is 32.0. The highest BCUT2D eigenvalue weighted by Gasteiger charge is 2.33. The van der Waals surface area contributed by atoms with E-state index >= 15 is 0 Å². The molecule has 0 aliphatic heterocycles. The molecule has 0 spiro atoms. The third kappa shape index (κ3) is 9.26. The van der Waals surface area contributed by atoms with Crippen LogP contribution in [0.5, 0.6) is 5.75 Å². The summed E-state index contributed by atoms with van der Waals surface area (Å²) in [5.41, 5.74) is 4.68. The summed E-state index contributed by atoms with van der Waals surface area (Å²) in [5, 5.41) is 4.25. The van der Waals surface area contributed by atoms with Gasteiger partial charge in [0.1, 0.15) is 11.5 Å². The fraction of sp³-hybridized carbons (Fsp3) is 0.500. The number of Topliss-reactive ketones (excluding diaryl/α,β-unsaturated/α-hetero) is 1. The number of aromatic nitrogens is 3. The first-order chi connectivity index (χ1) is 21.0. The van der Waals surface area contributed by atoms with Crippen LogP contribution < -0.4 is 10.5 Å². The second kappa shape index (κ2) is 14.4. The minimum atomic E-state index is -0.952. The minimum Gasteiger partial charge on any atom is -0.480 e. The molecule has 0 unspecified atom stereocenters. The molecule has 0 bridgehead atoms. The Morgan fingerprint density at radius 2 is 1.53 bits per heavy atom. The quantitative estimate of drug-likeness (QED) is 0.169. The van der Waals surface area contributed by atoms with Crippen LogP contribution in [-0.2, 0) is 31.5 Å². The van der Waals surface area contributed by atoms with Crippen LogP contribution in [0, 0.1) is 33.1 Å². The van der Waals surface area contributed by atoms with Crippen LogP contribution in [0.15, 0.2) is 50.0 Å².